The Kier molecular flexibility index (Phi) is 9.65. The molecule has 0 atom stereocenters. The number of carbonyl (C=O) groups is 3. The van der Waals surface area contributed by atoms with Gasteiger partial charge in [0.05, 0.1) is 23.1 Å². The molecule has 46 heavy (non-hydrogen) atoms. The predicted octanol–water partition coefficient (Wildman–Crippen LogP) is 7.76. The fourth-order valence-electron chi connectivity index (χ4n) is 6.52. The van der Waals surface area contributed by atoms with E-state index in [2.05, 4.69) is 10.6 Å². The number of ether oxygens (including phenoxy) is 1. The molecule has 0 radical (unpaired) electrons. The molecule has 2 saturated carbocycles. The molecule has 0 saturated heterocycles. The van der Waals surface area contributed by atoms with Gasteiger partial charge < -0.3 is 25.4 Å². The molecule has 0 spiro atoms. The summed E-state index contributed by atoms with van der Waals surface area (Å²) in [5, 5.41) is 15.2. The molecular formula is C36H43FN4O5. The van der Waals surface area contributed by atoms with Crippen molar-refractivity contribution in [2.75, 3.05) is 12.4 Å². The number of hydrogen-bond acceptors (Lipinski definition) is 5. The lowest BCUT2D eigenvalue weighted by atomic mass is 9.70. The Hall–Kier alpha value is -4.47. The van der Waals surface area contributed by atoms with Gasteiger partial charge in [-0.3, -0.25) is 9.78 Å². The third kappa shape index (κ3) is 7.84. The number of hydrogen-bond donors (Lipinski definition) is 3. The summed E-state index contributed by atoms with van der Waals surface area (Å²) in [6, 6.07) is 19.4. The number of benzene rings is 2. The Morgan fingerprint density at radius 2 is 1.65 bits per heavy atom. The Labute approximate surface area is 269 Å². The van der Waals surface area contributed by atoms with E-state index in [4.69, 9.17) is 9.72 Å². The largest absolute Gasteiger partial charge is 0.465 e. The van der Waals surface area contributed by atoms with Crippen molar-refractivity contribution in [2.45, 2.75) is 89.1 Å². The number of alkyl halides is 1. The normalized spacial score (nSPS) is 22.7. The van der Waals surface area contributed by atoms with Crippen molar-refractivity contribution >= 4 is 23.8 Å². The molecule has 3 N–H and O–H groups in total. The van der Waals surface area contributed by atoms with Crippen molar-refractivity contribution in [1.29, 1.82) is 0 Å². The highest BCUT2D eigenvalue weighted by Gasteiger charge is 2.48. The molecule has 244 valence electrons. The maximum absolute atomic E-state index is 14.1. The number of alkyl carbamates (subject to hydrolysis) is 1. The third-order valence-corrected chi connectivity index (χ3v) is 8.99. The first-order valence-corrected chi connectivity index (χ1v) is 15.9. The molecule has 1 heterocycles. The molecule has 9 nitrogen and oxygen atoms in total. The highest BCUT2D eigenvalue weighted by molar-refractivity contribution is 5.93. The van der Waals surface area contributed by atoms with Gasteiger partial charge in [0.1, 0.15) is 11.8 Å². The van der Waals surface area contributed by atoms with Crippen LogP contribution in [0.3, 0.4) is 0 Å². The summed E-state index contributed by atoms with van der Waals surface area (Å²) in [6.07, 6.45) is 2.98. The summed E-state index contributed by atoms with van der Waals surface area (Å²) in [5.41, 5.74) is 3.23. The van der Waals surface area contributed by atoms with Gasteiger partial charge in [-0.05, 0) is 69.6 Å². The lowest BCUT2D eigenvalue weighted by molar-refractivity contribution is -0.117. The van der Waals surface area contributed by atoms with Crippen molar-refractivity contribution in [2.24, 2.45) is 5.92 Å². The zero-order valence-electron chi connectivity index (χ0n) is 26.9. The molecule has 0 aliphatic heterocycles. The Bertz CT molecular complexity index is 1540. The maximum atomic E-state index is 14.1. The maximum Gasteiger partial charge on any atom is 0.408 e. The van der Waals surface area contributed by atoms with E-state index in [0.29, 0.717) is 12.1 Å². The molecule has 2 aromatic carbocycles. The summed E-state index contributed by atoms with van der Waals surface area (Å²) in [4.78, 5) is 43.1. The van der Waals surface area contributed by atoms with Crippen LogP contribution < -0.4 is 10.6 Å². The SMILES string of the molecule is CN(C(=O)O)[C@H]1CC[C@H](CC(=O)Nc2cnc(-c3ccc([C@]4(NC(=O)OC(C)(C)C)C[C@H](F)C4)cc3)c(-c3ccccc3)c2)CC1. The first kappa shape index (κ1) is 32.9. The highest BCUT2D eigenvalue weighted by Crippen LogP contribution is 2.44. The molecule has 10 heteroatoms. The van der Waals surface area contributed by atoms with Gasteiger partial charge in [-0.15, -0.1) is 0 Å². The quantitative estimate of drug-likeness (QED) is 0.234. The predicted molar refractivity (Wildman–Crippen MR) is 175 cm³/mol. The molecule has 3 aromatic rings. The van der Waals surface area contributed by atoms with Crippen LogP contribution >= 0.6 is 0 Å². The van der Waals surface area contributed by atoms with Gasteiger partial charge in [-0.2, -0.15) is 0 Å². The zero-order chi connectivity index (χ0) is 33.1. The van der Waals surface area contributed by atoms with E-state index in [-0.39, 0.29) is 30.7 Å². The Morgan fingerprint density at radius 3 is 2.24 bits per heavy atom. The van der Waals surface area contributed by atoms with Crippen molar-refractivity contribution in [3.63, 3.8) is 0 Å². The third-order valence-electron chi connectivity index (χ3n) is 8.99. The van der Waals surface area contributed by atoms with Crippen molar-refractivity contribution in [1.82, 2.24) is 15.2 Å². The molecule has 2 fully saturated rings. The van der Waals surface area contributed by atoms with Crippen molar-refractivity contribution in [3.8, 4) is 22.4 Å². The van der Waals surface area contributed by atoms with Crippen LogP contribution in [0.5, 0.6) is 0 Å². The number of rotatable bonds is 8. The highest BCUT2D eigenvalue weighted by atomic mass is 19.1. The van der Waals surface area contributed by atoms with Crippen LogP contribution in [-0.4, -0.2) is 57.9 Å². The van der Waals surface area contributed by atoms with Crippen LogP contribution in [0, 0.1) is 5.92 Å². The van der Waals surface area contributed by atoms with Gasteiger partial charge in [0.2, 0.25) is 5.91 Å². The second-order valence-corrected chi connectivity index (χ2v) is 13.6. The van der Waals surface area contributed by atoms with Crippen LogP contribution in [0.2, 0.25) is 0 Å². The van der Waals surface area contributed by atoms with Crippen LogP contribution in [0.4, 0.5) is 19.7 Å². The van der Waals surface area contributed by atoms with Gasteiger partial charge in [0.15, 0.2) is 0 Å². The molecular weight excluding hydrogens is 587 g/mol. The monoisotopic (exact) mass is 630 g/mol. The molecule has 0 bridgehead atoms. The van der Waals surface area contributed by atoms with Crippen molar-refractivity contribution < 1.29 is 28.6 Å². The van der Waals surface area contributed by atoms with E-state index < -0.39 is 29.5 Å². The molecule has 1 aromatic heterocycles. The number of nitrogens with zero attached hydrogens (tertiary/aromatic N) is 2. The van der Waals surface area contributed by atoms with Crippen molar-refractivity contribution in [3.05, 3.63) is 72.4 Å². The lowest BCUT2D eigenvalue weighted by Crippen LogP contribution is -2.56. The number of nitrogens with one attached hydrogen (secondary N) is 2. The standard InChI is InChI=1S/C36H43FN4O5/c1-35(2,3)46-33(43)40-36(20-27(37)21-36)26-14-12-25(13-15-26)32-30(24-8-6-5-7-9-24)19-28(22-38-32)39-31(42)18-23-10-16-29(17-11-23)41(4)34(44)45/h5-9,12-15,19,22-23,27,29H,10-11,16-18,20-21H2,1-4H3,(H,39,42)(H,40,43)(H,44,45)/t23-,27-,29-,36-. The van der Waals surface area contributed by atoms with Gasteiger partial charge in [-0.25, -0.2) is 14.0 Å². The molecule has 2 aliphatic carbocycles. The van der Waals surface area contributed by atoms with E-state index in [1.807, 2.05) is 60.7 Å². The number of aromatic nitrogens is 1. The first-order valence-electron chi connectivity index (χ1n) is 15.9. The van der Waals surface area contributed by atoms with E-state index in [9.17, 15) is 23.9 Å². The van der Waals surface area contributed by atoms with E-state index in [1.165, 1.54) is 4.90 Å². The summed E-state index contributed by atoms with van der Waals surface area (Å²) >= 11 is 0. The van der Waals surface area contributed by atoms with Gasteiger partial charge >= 0.3 is 12.2 Å². The summed E-state index contributed by atoms with van der Waals surface area (Å²) in [6.45, 7) is 5.37. The number of amides is 3. The topological polar surface area (TPSA) is 121 Å². The number of carboxylic acid groups (broad SMARTS) is 1. The number of halogens is 1. The van der Waals surface area contributed by atoms with Crippen LogP contribution in [0.25, 0.3) is 22.4 Å². The fourth-order valence-corrected chi connectivity index (χ4v) is 6.52. The Morgan fingerprint density at radius 1 is 1.00 bits per heavy atom. The van der Waals surface area contributed by atoms with E-state index in [0.717, 1.165) is 53.6 Å². The van der Waals surface area contributed by atoms with Gasteiger partial charge in [0, 0.05) is 43.5 Å². The molecule has 5 rings (SSSR count). The average molecular weight is 631 g/mol. The fraction of sp³-hybridized carbons (Fsp3) is 0.444. The first-order chi connectivity index (χ1) is 21.8. The number of anilines is 1. The lowest BCUT2D eigenvalue weighted by Gasteiger charge is -2.45. The van der Waals surface area contributed by atoms with E-state index >= 15 is 0 Å². The number of pyridine rings is 1. The average Bonchev–Trinajstić information content (AvgIpc) is 2.99. The summed E-state index contributed by atoms with van der Waals surface area (Å²) in [7, 11) is 1.60. The molecule has 3 amide bonds. The smallest absolute Gasteiger partial charge is 0.408 e. The summed E-state index contributed by atoms with van der Waals surface area (Å²) < 4.78 is 19.6. The van der Waals surface area contributed by atoms with Gasteiger partial charge in [-0.1, -0.05) is 54.6 Å². The van der Waals surface area contributed by atoms with Crippen LogP contribution in [0.1, 0.15) is 71.3 Å². The minimum absolute atomic E-state index is 0.00263. The van der Waals surface area contributed by atoms with E-state index in [1.54, 1.807) is 34.0 Å². The second-order valence-electron chi connectivity index (χ2n) is 13.6. The van der Waals surface area contributed by atoms with Gasteiger partial charge in [0.25, 0.3) is 0 Å². The number of carbonyl (C=O) groups excluding carboxylic acids is 2. The summed E-state index contributed by atoms with van der Waals surface area (Å²) in [5.74, 6) is 0.108. The zero-order valence-corrected chi connectivity index (χ0v) is 26.9. The minimum Gasteiger partial charge on any atom is -0.465 e. The second kappa shape index (κ2) is 13.5. The van der Waals surface area contributed by atoms with Crippen LogP contribution in [0.15, 0.2) is 66.9 Å². The minimum atomic E-state index is -1.00. The molecule has 2 aliphatic rings. The van der Waals surface area contributed by atoms with Crippen LogP contribution in [-0.2, 0) is 15.1 Å². The molecule has 0 unspecified atom stereocenters. The Balaban J connectivity index is 1.32.